The zero-order valence-electron chi connectivity index (χ0n) is 7.47. The predicted octanol–water partition coefficient (Wildman–Crippen LogP) is 1.88. The van der Waals surface area contributed by atoms with Crippen molar-refractivity contribution in [1.29, 1.82) is 5.26 Å². The van der Waals surface area contributed by atoms with Gasteiger partial charge in [-0.25, -0.2) is 0 Å². The lowest BCUT2D eigenvalue weighted by atomic mass is 10.1. The first-order valence-corrected chi connectivity index (χ1v) is 3.83. The van der Waals surface area contributed by atoms with Gasteiger partial charge in [-0.2, -0.15) is 10.3 Å². The van der Waals surface area contributed by atoms with Crippen LogP contribution in [-0.4, -0.2) is 10.6 Å². The summed E-state index contributed by atoms with van der Waals surface area (Å²) in [7, 11) is 0. The number of nitro benzene ring substituents is 1. The molecule has 5 nitrogen and oxygen atoms in total. The van der Waals surface area contributed by atoms with Crippen LogP contribution in [0.1, 0.15) is 12.5 Å². The molecule has 0 aliphatic carbocycles. The zero-order chi connectivity index (χ0) is 10.6. The Morgan fingerprint density at radius 1 is 1.50 bits per heavy atom. The van der Waals surface area contributed by atoms with E-state index in [1.54, 1.807) is 25.2 Å². The molecule has 0 heterocycles. The molecular weight excluding hydrogens is 182 g/mol. The summed E-state index contributed by atoms with van der Waals surface area (Å²) in [5.41, 5.74) is 1.28. The summed E-state index contributed by atoms with van der Waals surface area (Å²) in [6, 6.07) is 5.89. The molecule has 0 saturated carbocycles. The minimum absolute atomic E-state index is 0.0264. The maximum absolute atomic E-state index is 10.3. The molecule has 0 amide bonds. The number of hydrogen-bond acceptors (Lipinski definition) is 4. The molecule has 1 aromatic rings. The number of nitriles is 1. The van der Waals surface area contributed by atoms with Crippen LogP contribution < -0.4 is 0 Å². The maximum Gasteiger partial charge on any atom is 0.269 e. The molecule has 0 unspecified atom stereocenters. The summed E-state index contributed by atoms with van der Waals surface area (Å²) < 4.78 is 0. The molecular formula is C9H7N3O2. The summed E-state index contributed by atoms with van der Waals surface area (Å²) >= 11 is 0. The lowest BCUT2D eigenvalue weighted by molar-refractivity contribution is -0.384. The van der Waals surface area contributed by atoms with Gasteiger partial charge >= 0.3 is 0 Å². The van der Waals surface area contributed by atoms with E-state index in [1.807, 2.05) is 0 Å². The van der Waals surface area contributed by atoms with Crippen molar-refractivity contribution in [3.63, 3.8) is 0 Å². The van der Waals surface area contributed by atoms with Crippen LogP contribution in [0.4, 0.5) is 5.69 Å². The molecule has 0 atom stereocenters. The fourth-order valence-electron chi connectivity index (χ4n) is 0.964. The average molecular weight is 189 g/mol. The van der Waals surface area contributed by atoms with E-state index in [0.717, 1.165) is 0 Å². The Hall–Kier alpha value is -2.22. The summed E-state index contributed by atoms with van der Waals surface area (Å²) in [6.07, 6.45) is 1.66. The third-order valence-electron chi connectivity index (χ3n) is 1.71. The van der Waals surface area contributed by atoms with E-state index < -0.39 is 4.92 Å². The van der Waals surface area contributed by atoms with Crippen LogP contribution in [0.15, 0.2) is 29.3 Å². The van der Waals surface area contributed by atoms with Gasteiger partial charge in [-0.05, 0) is 24.6 Å². The number of benzene rings is 1. The van der Waals surface area contributed by atoms with Crippen LogP contribution in [0.3, 0.4) is 0 Å². The van der Waals surface area contributed by atoms with Gasteiger partial charge in [0.1, 0.15) is 0 Å². The molecule has 14 heavy (non-hydrogen) atoms. The molecule has 1 rings (SSSR count). The molecule has 0 aromatic heterocycles. The Kier molecular flexibility index (Phi) is 2.92. The van der Waals surface area contributed by atoms with Gasteiger partial charge in [-0.15, -0.1) is 0 Å². The normalized spacial score (nSPS) is 10.7. The first-order valence-electron chi connectivity index (χ1n) is 3.83. The number of nitro groups is 1. The fraction of sp³-hybridized carbons (Fsp3) is 0.111. The highest BCUT2D eigenvalue weighted by atomic mass is 16.6. The summed E-state index contributed by atoms with van der Waals surface area (Å²) in [6.45, 7) is 1.67. The average Bonchev–Trinajstić information content (AvgIpc) is 2.18. The predicted molar refractivity (Wildman–Crippen MR) is 50.9 cm³/mol. The second kappa shape index (κ2) is 4.14. The number of hydrogen-bond donors (Lipinski definition) is 0. The van der Waals surface area contributed by atoms with Crippen molar-refractivity contribution in [1.82, 2.24) is 0 Å². The van der Waals surface area contributed by atoms with E-state index >= 15 is 0 Å². The van der Waals surface area contributed by atoms with Crippen LogP contribution in [0.25, 0.3) is 0 Å². The molecule has 70 valence electrons. The van der Waals surface area contributed by atoms with E-state index in [2.05, 4.69) is 4.99 Å². The Morgan fingerprint density at radius 2 is 2.07 bits per heavy atom. The molecule has 5 heteroatoms. The first-order chi connectivity index (χ1) is 6.65. The Morgan fingerprint density at radius 3 is 2.50 bits per heavy atom. The zero-order valence-corrected chi connectivity index (χ0v) is 7.47. The highest BCUT2D eigenvalue weighted by Crippen LogP contribution is 2.12. The molecule has 0 bridgehead atoms. The van der Waals surface area contributed by atoms with E-state index in [-0.39, 0.29) is 5.69 Å². The second-order valence-electron chi connectivity index (χ2n) is 2.60. The van der Waals surface area contributed by atoms with Crippen molar-refractivity contribution >= 4 is 11.4 Å². The van der Waals surface area contributed by atoms with Gasteiger partial charge in [0.05, 0.1) is 10.6 Å². The molecule has 0 aliphatic heterocycles. The first kappa shape index (κ1) is 9.86. The number of rotatable bonds is 2. The van der Waals surface area contributed by atoms with Crippen LogP contribution in [-0.2, 0) is 0 Å². The Balaban J connectivity index is 3.01. The van der Waals surface area contributed by atoms with Crippen LogP contribution in [0, 0.1) is 21.6 Å². The number of nitrogens with zero attached hydrogens (tertiary/aromatic N) is 3. The summed E-state index contributed by atoms with van der Waals surface area (Å²) in [4.78, 5) is 13.4. The van der Waals surface area contributed by atoms with E-state index in [1.165, 1.54) is 12.1 Å². The van der Waals surface area contributed by atoms with Crippen LogP contribution in [0.2, 0.25) is 0 Å². The minimum Gasteiger partial charge on any atom is -0.258 e. The van der Waals surface area contributed by atoms with Crippen LogP contribution >= 0.6 is 0 Å². The molecule has 1 aromatic carbocycles. The van der Waals surface area contributed by atoms with Crippen molar-refractivity contribution in [2.45, 2.75) is 6.92 Å². The van der Waals surface area contributed by atoms with Gasteiger partial charge in [-0.1, -0.05) is 0 Å². The van der Waals surface area contributed by atoms with Crippen molar-refractivity contribution in [2.75, 3.05) is 0 Å². The molecule has 0 saturated heterocycles. The summed E-state index contributed by atoms with van der Waals surface area (Å²) in [5.74, 6) is 0. The lowest BCUT2D eigenvalue weighted by Crippen LogP contribution is -1.94. The third-order valence-corrected chi connectivity index (χ3v) is 1.71. The van der Waals surface area contributed by atoms with Crippen molar-refractivity contribution in [2.24, 2.45) is 4.99 Å². The second-order valence-corrected chi connectivity index (χ2v) is 2.60. The Bertz CT molecular complexity index is 415. The molecule has 0 fully saturated rings. The molecule has 0 N–H and O–H groups in total. The minimum atomic E-state index is -0.472. The number of aliphatic imine (C=N–C) groups is 1. The van der Waals surface area contributed by atoms with E-state index in [0.29, 0.717) is 11.3 Å². The quantitative estimate of drug-likeness (QED) is 0.308. The number of non-ortho nitro benzene ring substituents is 1. The fourth-order valence-corrected chi connectivity index (χ4v) is 0.964. The van der Waals surface area contributed by atoms with Gasteiger partial charge < -0.3 is 0 Å². The van der Waals surface area contributed by atoms with Gasteiger partial charge in [0, 0.05) is 12.1 Å². The monoisotopic (exact) mass is 189 g/mol. The van der Waals surface area contributed by atoms with Gasteiger partial charge in [-0.3, -0.25) is 10.1 Å². The van der Waals surface area contributed by atoms with E-state index in [4.69, 9.17) is 5.26 Å². The lowest BCUT2D eigenvalue weighted by Gasteiger charge is -1.96. The van der Waals surface area contributed by atoms with Crippen molar-refractivity contribution < 1.29 is 4.92 Å². The van der Waals surface area contributed by atoms with E-state index in [9.17, 15) is 10.1 Å². The highest BCUT2D eigenvalue weighted by molar-refractivity contribution is 5.99. The smallest absolute Gasteiger partial charge is 0.258 e. The van der Waals surface area contributed by atoms with Gasteiger partial charge in [0.2, 0.25) is 6.19 Å². The topological polar surface area (TPSA) is 79.3 Å². The van der Waals surface area contributed by atoms with Crippen molar-refractivity contribution in [3.05, 3.63) is 39.9 Å². The summed E-state index contributed by atoms with van der Waals surface area (Å²) in [5, 5.41) is 18.6. The van der Waals surface area contributed by atoms with Crippen LogP contribution in [0.5, 0.6) is 0 Å². The largest absolute Gasteiger partial charge is 0.269 e. The van der Waals surface area contributed by atoms with Gasteiger partial charge in [0.15, 0.2) is 0 Å². The molecule has 0 spiro atoms. The standard InChI is InChI=1S/C9H7N3O2/c1-7(11-6-10)8-2-4-9(5-3-8)12(13)14/h2-5H,1H3. The molecule has 0 radical (unpaired) electrons. The molecule has 0 aliphatic rings. The highest BCUT2D eigenvalue weighted by Gasteiger charge is 2.04. The van der Waals surface area contributed by atoms with Gasteiger partial charge in [0.25, 0.3) is 5.69 Å². The maximum atomic E-state index is 10.3. The van der Waals surface area contributed by atoms with Crippen molar-refractivity contribution in [3.8, 4) is 6.19 Å². The Labute approximate surface area is 80.5 Å². The third kappa shape index (κ3) is 2.14. The SMILES string of the molecule is CC(=NC#N)c1ccc([N+](=O)[O-])cc1.